The van der Waals surface area contributed by atoms with Crippen molar-refractivity contribution in [2.24, 2.45) is 0 Å². The van der Waals surface area contributed by atoms with Gasteiger partial charge in [-0.2, -0.15) is 0 Å². The number of rotatable bonds is 4. The van der Waals surface area contributed by atoms with Crippen LogP contribution in [0.2, 0.25) is 10.0 Å². The zero-order valence-corrected chi connectivity index (χ0v) is 11.3. The van der Waals surface area contributed by atoms with Crippen molar-refractivity contribution in [3.8, 4) is 0 Å². The summed E-state index contributed by atoms with van der Waals surface area (Å²) in [6, 6.07) is 1.53. The molecule has 0 amide bonds. The molecule has 1 heterocycles. The van der Waals surface area contributed by atoms with Crippen molar-refractivity contribution in [1.29, 1.82) is 0 Å². The summed E-state index contributed by atoms with van der Waals surface area (Å²) in [5.74, 6) is 0.680. The van der Waals surface area contributed by atoms with E-state index < -0.39 is 10.8 Å². The van der Waals surface area contributed by atoms with E-state index >= 15 is 0 Å². The van der Waals surface area contributed by atoms with Crippen molar-refractivity contribution < 1.29 is 4.21 Å². The van der Waals surface area contributed by atoms with Crippen LogP contribution in [0.4, 0.5) is 11.6 Å². The summed E-state index contributed by atoms with van der Waals surface area (Å²) in [5, 5.41) is 3.71. The molecule has 0 spiro atoms. The minimum absolute atomic E-state index is 0.00905. The second-order valence-electron chi connectivity index (χ2n) is 3.38. The Morgan fingerprint density at radius 3 is 2.75 bits per heavy atom. The lowest BCUT2D eigenvalue weighted by atomic mass is 10.4. The van der Waals surface area contributed by atoms with Gasteiger partial charge in [0.1, 0.15) is 11.6 Å². The first-order valence-corrected chi connectivity index (χ1v) is 6.97. The predicted octanol–water partition coefficient (Wildman–Crippen LogP) is 2.15. The molecule has 0 fully saturated rings. The zero-order valence-electron chi connectivity index (χ0n) is 8.96. The number of aromatic nitrogens is 1. The van der Waals surface area contributed by atoms with Crippen molar-refractivity contribution in [2.45, 2.75) is 12.2 Å². The van der Waals surface area contributed by atoms with E-state index in [1.807, 2.05) is 6.92 Å². The minimum atomic E-state index is -0.891. The molecule has 1 aromatic rings. The molecule has 16 heavy (non-hydrogen) atoms. The number of nitrogens with one attached hydrogen (secondary N) is 1. The van der Waals surface area contributed by atoms with Crippen molar-refractivity contribution in [3.05, 3.63) is 16.1 Å². The lowest BCUT2D eigenvalue weighted by Gasteiger charge is -2.12. The SMILES string of the molecule is CC(CNc1nc(N)c(Cl)cc1Cl)S(C)=O. The smallest absolute Gasteiger partial charge is 0.147 e. The summed E-state index contributed by atoms with van der Waals surface area (Å²) in [5.41, 5.74) is 5.55. The van der Waals surface area contributed by atoms with Crippen LogP contribution in [0.3, 0.4) is 0 Å². The van der Waals surface area contributed by atoms with Crippen LogP contribution in [0.5, 0.6) is 0 Å². The number of nitrogens with zero attached hydrogens (tertiary/aromatic N) is 1. The maximum absolute atomic E-state index is 11.1. The molecule has 2 atom stereocenters. The van der Waals surface area contributed by atoms with E-state index in [9.17, 15) is 4.21 Å². The third-order valence-electron chi connectivity index (χ3n) is 2.08. The van der Waals surface area contributed by atoms with Gasteiger partial charge in [0, 0.05) is 28.9 Å². The molecule has 7 heteroatoms. The van der Waals surface area contributed by atoms with Crippen LogP contribution in [0.1, 0.15) is 6.92 Å². The largest absolute Gasteiger partial charge is 0.382 e. The molecule has 0 aliphatic carbocycles. The van der Waals surface area contributed by atoms with Crippen molar-refractivity contribution in [3.63, 3.8) is 0 Å². The maximum Gasteiger partial charge on any atom is 0.147 e. The fourth-order valence-electron chi connectivity index (χ4n) is 0.963. The van der Waals surface area contributed by atoms with Crippen LogP contribution in [-0.2, 0) is 10.8 Å². The minimum Gasteiger partial charge on any atom is -0.382 e. The molecule has 2 unspecified atom stereocenters. The molecule has 1 aromatic heterocycles. The van der Waals surface area contributed by atoms with Gasteiger partial charge in [-0.15, -0.1) is 0 Å². The highest BCUT2D eigenvalue weighted by atomic mass is 35.5. The van der Waals surface area contributed by atoms with Gasteiger partial charge in [-0.3, -0.25) is 4.21 Å². The van der Waals surface area contributed by atoms with Crippen LogP contribution in [-0.4, -0.2) is 27.2 Å². The highest BCUT2D eigenvalue weighted by Gasteiger charge is 2.10. The van der Waals surface area contributed by atoms with Crippen molar-refractivity contribution in [1.82, 2.24) is 4.98 Å². The number of halogens is 2. The lowest BCUT2D eigenvalue weighted by Crippen LogP contribution is -2.21. The summed E-state index contributed by atoms with van der Waals surface area (Å²) < 4.78 is 11.1. The molecule has 0 aliphatic heterocycles. The average Bonchev–Trinajstić information content (AvgIpc) is 2.20. The molecule has 1 rings (SSSR count). The van der Waals surface area contributed by atoms with E-state index in [2.05, 4.69) is 10.3 Å². The fraction of sp³-hybridized carbons (Fsp3) is 0.444. The number of anilines is 2. The quantitative estimate of drug-likeness (QED) is 0.888. The Labute approximate surface area is 107 Å². The van der Waals surface area contributed by atoms with Gasteiger partial charge in [0.15, 0.2) is 0 Å². The number of hydrogen-bond donors (Lipinski definition) is 2. The fourth-order valence-corrected chi connectivity index (χ4v) is 1.71. The predicted molar refractivity (Wildman–Crippen MR) is 70.7 cm³/mol. The van der Waals surface area contributed by atoms with E-state index in [0.29, 0.717) is 22.4 Å². The first-order chi connectivity index (χ1) is 7.41. The highest BCUT2D eigenvalue weighted by Crippen LogP contribution is 2.27. The Balaban J connectivity index is 2.74. The van der Waals surface area contributed by atoms with Gasteiger partial charge in [0.2, 0.25) is 0 Å². The molecule has 0 saturated heterocycles. The van der Waals surface area contributed by atoms with Gasteiger partial charge < -0.3 is 11.1 Å². The summed E-state index contributed by atoms with van der Waals surface area (Å²) in [4.78, 5) is 4.01. The monoisotopic (exact) mass is 281 g/mol. The number of pyridine rings is 1. The molecular weight excluding hydrogens is 269 g/mol. The first kappa shape index (κ1) is 13.5. The second kappa shape index (κ2) is 5.70. The first-order valence-electron chi connectivity index (χ1n) is 4.59. The molecular formula is C9H13Cl2N3OS. The van der Waals surface area contributed by atoms with E-state index in [-0.39, 0.29) is 11.1 Å². The number of nitrogens with two attached hydrogens (primary N) is 1. The molecule has 4 nitrogen and oxygen atoms in total. The van der Waals surface area contributed by atoms with E-state index in [4.69, 9.17) is 28.9 Å². The van der Waals surface area contributed by atoms with Crippen LogP contribution < -0.4 is 11.1 Å². The van der Waals surface area contributed by atoms with Gasteiger partial charge in [0.25, 0.3) is 0 Å². The Bertz CT molecular complexity index is 414. The molecule has 0 aromatic carbocycles. The molecule has 90 valence electrons. The third-order valence-corrected chi connectivity index (χ3v) is 3.97. The normalized spacial score (nSPS) is 14.5. The van der Waals surface area contributed by atoms with Gasteiger partial charge in [-0.25, -0.2) is 4.98 Å². The van der Waals surface area contributed by atoms with E-state index in [1.54, 1.807) is 6.26 Å². The summed E-state index contributed by atoms with van der Waals surface area (Å²) in [7, 11) is -0.891. The topological polar surface area (TPSA) is 68.0 Å². The maximum atomic E-state index is 11.1. The molecule has 0 radical (unpaired) electrons. The van der Waals surface area contributed by atoms with Crippen molar-refractivity contribution in [2.75, 3.05) is 23.9 Å². The molecule has 0 bridgehead atoms. The average molecular weight is 282 g/mol. The Kier molecular flexibility index (Phi) is 4.83. The Morgan fingerprint density at radius 1 is 1.56 bits per heavy atom. The molecule has 0 saturated carbocycles. The lowest BCUT2D eigenvalue weighted by molar-refractivity contribution is 0.679. The van der Waals surface area contributed by atoms with E-state index in [0.717, 1.165) is 0 Å². The summed E-state index contributed by atoms with van der Waals surface area (Å²) in [6.07, 6.45) is 1.65. The summed E-state index contributed by atoms with van der Waals surface area (Å²) >= 11 is 11.7. The van der Waals surface area contributed by atoms with Gasteiger partial charge in [-0.05, 0) is 13.0 Å². The zero-order chi connectivity index (χ0) is 12.3. The summed E-state index contributed by atoms with van der Waals surface area (Å²) in [6.45, 7) is 2.38. The number of nitrogen functional groups attached to an aromatic ring is 1. The van der Waals surface area contributed by atoms with Crippen LogP contribution >= 0.6 is 23.2 Å². The Hall–Kier alpha value is -0.520. The molecule has 0 aliphatic rings. The van der Waals surface area contributed by atoms with Crippen LogP contribution in [0.15, 0.2) is 6.07 Å². The molecule has 3 N–H and O–H groups in total. The van der Waals surface area contributed by atoms with Gasteiger partial charge in [-0.1, -0.05) is 23.2 Å². The van der Waals surface area contributed by atoms with E-state index in [1.165, 1.54) is 6.07 Å². The van der Waals surface area contributed by atoms with Crippen molar-refractivity contribution >= 4 is 45.6 Å². The third kappa shape index (κ3) is 3.50. The number of hydrogen-bond acceptors (Lipinski definition) is 4. The van der Waals surface area contributed by atoms with Crippen LogP contribution in [0, 0.1) is 0 Å². The second-order valence-corrected chi connectivity index (χ2v) is 5.99. The van der Waals surface area contributed by atoms with Crippen LogP contribution in [0.25, 0.3) is 0 Å². The highest BCUT2D eigenvalue weighted by molar-refractivity contribution is 7.84. The Morgan fingerprint density at radius 2 is 2.19 bits per heavy atom. The van der Waals surface area contributed by atoms with Gasteiger partial charge >= 0.3 is 0 Å². The standard InChI is InChI=1S/C9H13Cl2N3OS/c1-5(16(2)15)4-13-9-7(11)3-6(10)8(12)14-9/h3,5H,4H2,1-2H3,(H3,12,13,14). The van der Waals surface area contributed by atoms with Gasteiger partial charge in [0.05, 0.1) is 10.0 Å².